The lowest BCUT2D eigenvalue weighted by molar-refractivity contribution is -0.139. The number of hydrogen-bond donors (Lipinski definition) is 1. The molecular weight excluding hydrogens is 282 g/mol. The number of amides is 1. The summed E-state index contributed by atoms with van der Waals surface area (Å²) in [6, 6.07) is 5.77. The van der Waals surface area contributed by atoms with Gasteiger partial charge in [0.1, 0.15) is 0 Å². The first kappa shape index (κ1) is 13.3. The highest BCUT2D eigenvalue weighted by molar-refractivity contribution is 5.82. The van der Waals surface area contributed by atoms with E-state index in [1.54, 1.807) is 10.7 Å². The second kappa shape index (κ2) is 4.83. The second-order valence-corrected chi connectivity index (χ2v) is 6.20. The summed E-state index contributed by atoms with van der Waals surface area (Å²) < 4.78 is 1.76. The molecule has 114 valence electrons. The molecule has 1 saturated heterocycles. The third-order valence-electron chi connectivity index (χ3n) is 4.98. The first-order valence-corrected chi connectivity index (χ1v) is 7.57. The molecule has 1 saturated carbocycles. The van der Waals surface area contributed by atoms with E-state index in [0.717, 1.165) is 17.5 Å². The minimum atomic E-state index is -0.716. The van der Waals surface area contributed by atoms with Crippen LogP contribution in [0.3, 0.4) is 0 Å². The number of carboxylic acids is 1. The monoisotopic (exact) mass is 299 g/mol. The predicted molar refractivity (Wildman–Crippen MR) is 78.2 cm³/mol. The van der Waals surface area contributed by atoms with Crippen LogP contribution in [0, 0.1) is 17.8 Å². The summed E-state index contributed by atoms with van der Waals surface area (Å²) in [5, 5.41) is 13.4. The summed E-state index contributed by atoms with van der Waals surface area (Å²) in [6.07, 6.45) is 4.72. The van der Waals surface area contributed by atoms with E-state index in [1.807, 2.05) is 29.3 Å². The van der Waals surface area contributed by atoms with E-state index in [4.69, 9.17) is 5.11 Å². The van der Waals surface area contributed by atoms with Crippen LogP contribution in [0.1, 0.15) is 12.0 Å². The molecular formula is C16H17N3O3. The van der Waals surface area contributed by atoms with Crippen LogP contribution in [0.25, 0.3) is 5.52 Å². The van der Waals surface area contributed by atoms with Gasteiger partial charge >= 0.3 is 5.97 Å². The molecule has 2 aliphatic rings. The zero-order valence-electron chi connectivity index (χ0n) is 12.1. The van der Waals surface area contributed by atoms with Crippen LogP contribution in [0.4, 0.5) is 0 Å². The van der Waals surface area contributed by atoms with Crippen LogP contribution in [0.5, 0.6) is 0 Å². The van der Waals surface area contributed by atoms with E-state index in [1.165, 1.54) is 0 Å². The summed E-state index contributed by atoms with van der Waals surface area (Å²) in [5.41, 5.74) is 1.86. The molecule has 6 heteroatoms. The van der Waals surface area contributed by atoms with Gasteiger partial charge in [-0.3, -0.25) is 9.59 Å². The average Bonchev–Trinajstić information content (AvgIpc) is 3.12. The maximum atomic E-state index is 12.5. The summed E-state index contributed by atoms with van der Waals surface area (Å²) in [6.45, 7) is 1.25. The number of rotatable bonds is 3. The minimum absolute atomic E-state index is 0.0632. The zero-order valence-corrected chi connectivity index (χ0v) is 12.1. The maximum absolute atomic E-state index is 12.5. The molecule has 2 fully saturated rings. The lowest BCUT2D eigenvalue weighted by atomic mass is 10.1. The Labute approximate surface area is 127 Å². The van der Waals surface area contributed by atoms with Gasteiger partial charge in [0, 0.05) is 24.8 Å². The number of nitrogens with zero attached hydrogens (tertiary/aromatic N) is 3. The molecule has 2 aromatic rings. The van der Waals surface area contributed by atoms with Crippen molar-refractivity contribution in [3.63, 3.8) is 0 Å². The van der Waals surface area contributed by atoms with E-state index in [2.05, 4.69) is 5.10 Å². The van der Waals surface area contributed by atoms with Crippen molar-refractivity contribution >= 4 is 17.4 Å². The Morgan fingerprint density at radius 1 is 1.32 bits per heavy atom. The number of likely N-dealkylation sites (tertiary alicyclic amines) is 1. The number of hydrogen-bond acceptors (Lipinski definition) is 3. The van der Waals surface area contributed by atoms with Crippen molar-refractivity contribution in [1.82, 2.24) is 14.5 Å². The zero-order chi connectivity index (χ0) is 15.3. The van der Waals surface area contributed by atoms with Crippen LogP contribution >= 0.6 is 0 Å². The van der Waals surface area contributed by atoms with Crippen LogP contribution in [0.2, 0.25) is 0 Å². The fourth-order valence-corrected chi connectivity index (χ4v) is 3.73. The van der Waals surface area contributed by atoms with E-state index < -0.39 is 5.97 Å². The van der Waals surface area contributed by atoms with Crippen LogP contribution in [-0.2, 0) is 16.0 Å². The molecule has 1 N–H and O–H groups in total. The number of carbonyl (C=O) groups excluding carboxylic acids is 1. The van der Waals surface area contributed by atoms with E-state index in [-0.39, 0.29) is 23.7 Å². The van der Waals surface area contributed by atoms with Gasteiger partial charge in [-0.1, -0.05) is 6.07 Å². The molecule has 3 heterocycles. The number of fused-ring (bicyclic) bond motifs is 2. The average molecular weight is 299 g/mol. The summed E-state index contributed by atoms with van der Waals surface area (Å²) in [7, 11) is 0. The highest BCUT2D eigenvalue weighted by atomic mass is 16.4. The molecule has 22 heavy (non-hydrogen) atoms. The van der Waals surface area contributed by atoms with Crippen molar-refractivity contribution in [3.05, 3.63) is 36.2 Å². The lowest BCUT2D eigenvalue weighted by Gasteiger charge is -2.26. The molecule has 0 unspecified atom stereocenters. The number of carboxylic acid groups (broad SMARTS) is 1. The van der Waals surface area contributed by atoms with Crippen molar-refractivity contribution in [3.8, 4) is 0 Å². The fraction of sp³-hybridized carbons (Fsp3) is 0.438. The second-order valence-electron chi connectivity index (χ2n) is 6.20. The van der Waals surface area contributed by atoms with Gasteiger partial charge in [0.25, 0.3) is 0 Å². The maximum Gasteiger partial charge on any atom is 0.307 e. The predicted octanol–water partition coefficient (Wildman–Crippen LogP) is 1.06. The van der Waals surface area contributed by atoms with Gasteiger partial charge in [-0.25, -0.2) is 4.52 Å². The normalized spacial score (nSPS) is 26.7. The Balaban J connectivity index is 1.46. The molecule has 4 rings (SSSR count). The Bertz CT molecular complexity index is 754. The van der Waals surface area contributed by atoms with E-state index >= 15 is 0 Å². The number of aromatic nitrogens is 2. The lowest BCUT2D eigenvalue weighted by Crippen LogP contribution is -2.37. The third kappa shape index (κ3) is 2.06. The quantitative estimate of drug-likeness (QED) is 0.919. The van der Waals surface area contributed by atoms with E-state index in [0.29, 0.717) is 19.5 Å². The van der Waals surface area contributed by atoms with Gasteiger partial charge in [0.2, 0.25) is 5.91 Å². The first-order chi connectivity index (χ1) is 10.6. The Morgan fingerprint density at radius 2 is 2.18 bits per heavy atom. The smallest absolute Gasteiger partial charge is 0.307 e. The SMILES string of the molecule is O=C(O)[C@@H]1[C@@H]2CCN(C(=O)Cc3cnn4ccccc34)C[C@@H]21. The summed E-state index contributed by atoms with van der Waals surface area (Å²) in [5.74, 6) is -0.465. The van der Waals surface area contributed by atoms with Crippen molar-refractivity contribution in [2.24, 2.45) is 17.8 Å². The van der Waals surface area contributed by atoms with Gasteiger partial charge < -0.3 is 10.0 Å². The van der Waals surface area contributed by atoms with E-state index in [9.17, 15) is 9.59 Å². The number of carbonyl (C=O) groups is 2. The van der Waals surface area contributed by atoms with Crippen molar-refractivity contribution in [2.45, 2.75) is 12.8 Å². The van der Waals surface area contributed by atoms with Crippen LogP contribution < -0.4 is 0 Å². The highest BCUT2D eigenvalue weighted by Gasteiger charge is 2.57. The minimum Gasteiger partial charge on any atom is -0.481 e. The van der Waals surface area contributed by atoms with Crippen molar-refractivity contribution < 1.29 is 14.7 Å². The molecule has 0 radical (unpaired) electrons. The molecule has 3 atom stereocenters. The Morgan fingerprint density at radius 3 is 3.00 bits per heavy atom. The van der Waals surface area contributed by atoms with Crippen molar-refractivity contribution in [2.75, 3.05) is 13.1 Å². The molecule has 1 aliphatic heterocycles. The largest absolute Gasteiger partial charge is 0.481 e. The van der Waals surface area contributed by atoms with Gasteiger partial charge in [-0.05, 0) is 30.4 Å². The first-order valence-electron chi connectivity index (χ1n) is 7.57. The van der Waals surface area contributed by atoms with Crippen LogP contribution in [-0.4, -0.2) is 44.6 Å². The molecule has 6 nitrogen and oxygen atoms in total. The summed E-state index contributed by atoms with van der Waals surface area (Å²) >= 11 is 0. The molecule has 0 bridgehead atoms. The number of piperidine rings is 1. The summed E-state index contributed by atoms with van der Waals surface area (Å²) in [4.78, 5) is 25.4. The third-order valence-corrected chi connectivity index (χ3v) is 4.98. The van der Waals surface area contributed by atoms with Gasteiger partial charge in [-0.2, -0.15) is 5.10 Å². The molecule has 1 amide bonds. The number of aliphatic carboxylic acids is 1. The van der Waals surface area contributed by atoms with Gasteiger partial charge in [0.15, 0.2) is 0 Å². The fourth-order valence-electron chi connectivity index (χ4n) is 3.73. The van der Waals surface area contributed by atoms with Crippen molar-refractivity contribution in [1.29, 1.82) is 0 Å². The standard InChI is InChI=1S/C16H17N3O3/c20-14(7-10-8-17-19-5-2-1-3-13(10)19)18-6-4-11-12(9-18)15(11)16(21)22/h1-3,5,8,11-12,15H,4,6-7,9H2,(H,21,22)/t11-,12+,15-/m1/s1. The molecule has 1 aliphatic carbocycles. The molecule has 0 aromatic carbocycles. The van der Waals surface area contributed by atoms with Crippen LogP contribution in [0.15, 0.2) is 30.6 Å². The topological polar surface area (TPSA) is 74.9 Å². The Hall–Kier alpha value is -2.37. The molecule has 2 aromatic heterocycles. The van der Waals surface area contributed by atoms with Gasteiger partial charge in [-0.15, -0.1) is 0 Å². The highest BCUT2D eigenvalue weighted by Crippen LogP contribution is 2.51. The van der Waals surface area contributed by atoms with Gasteiger partial charge in [0.05, 0.1) is 24.1 Å². The molecule has 0 spiro atoms. The Kier molecular flexibility index (Phi) is 2.92. The number of pyridine rings is 1.